The fraction of sp³-hybridized carbons (Fsp3) is 0.476. The van der Waals surface area contributed by atoms with Crippen molar-refractivity contribution in [3.05, 3.63) is 51.4 Å². The molecule has 1 aliphatic carbocycles. The monoisotopic (exact) mass is 458 g/mol. The summed E-state index contributed by atoms with van der Waals surface area (Å²) >= 11 is 0.924. The Bertz CT molecular complexity index is 925. The lowest BCUT2D eigenvalue weighted by Gasteiger charge is -2.16. The molecule has 1 saturated carbocycles. The molecule has 1 atom stereocenters. The van der Waals surface area contributed by atoms with E-state index in [1.54, 1.807) is 6.07 Å². The molecule has 1 amide bonds. The highest BCUT2D eigenvalue weighted by molar-refractivity contribution is 7.85. The SMILES string of the molecule is CC(C)(O)c1cc(F)c(S(N)=O)s1.CC(C)c1cc(F)cc(C2CC2)c1CC(N)=O. The number of carbonyl (C=O) groups is 1. The van der Waals surface area contributed by atoms with Crippen LogP contribution < -0.4 is 10.9 Å². The van der Waals surface area contributed by atoms with Crippen LogP contribution in [0.15, 0.2) is 22.4 Å². The predicted molar refractivity (Wildman–Crippen MR) is 115 cm³/mol. The first-order valence-electron chi connectivity index (χ1n) is 9.60. The summed E-state index contributed by atoms with van der Waals surface area (Å²) in [5.74, 6) is -0.540. The average Bonchev–Trinajstić information content (AvgIpc) is 3.36. The topological polar surface area (TPSA) is 106 Å². The Balaban J connectivity index is 0.000000222. The van der Waals surface area contributed by atoms with Gasteiger partial charge < -0.3 is 10.8 Å². The van der Waals surface area contributed by atoms with E-state index in [0.717, 1.165) is 46.9 Å². The van der Waals surface area contributed by atoms with Crippen molar-refractivity contribution in [1.82, 2.24) is 0 Å². The Kier molecular flexibility index (Phi) is 7.90. The van der Waals surface area contributed by atoms with Gasteiger partial charge in [-0.05, 0) is 73.4 Å². The van der Waals surface area contributed by atoms with Crippen LogP contribution in [0.2, 0.25) is 0 Å². The molecule has 5 nitrogen and oxygen atoms in total. The van der Waals surface area contributed by atoms with E-state index < -0.39 is 22.4 Å². The average molecular weight is 459 g/mol. The van der Waals surface area contributed by atoms with Crippen LogP contribution in [-0.4, -0.2) is 15.2 Å². The standard InChI is InChI=1S/C14H18FNO.C7H10FNO2S2/c1-8(2)11-5-10(15)6-12(9-3-4-9)13(11)7-14(16)17;1-7(2,10)5-3-4(8)6(12-5)13(9)11/h5-6,8-9H,3-4,7H2,1-2H3,(H2,16,17);3,10H,9H2,1-2H3. The third kappa shape index (κ3) is 6.41. The van der Waals surface area contributed by atoms with E-state index in [1.807, 2.05) is 13.8 Å². The zero-order valence-corrected chi connectivity index (χ0v) is 19.1. The molecule has 30 heavy (non-hydrogen) atoms. The minimum atomic E-state index is -1.82. The van der Waals surface area contributed by atoms with Gasteiger partial charge in [0.25, 0.3) is 0 Å². The van der Waals surface area contributed by atoms with E-state index in [2.05, 4.69) is 0 Å². The number of nitrogens with two attached hydrogens (primary N) is 2. The largest absolute Gasteiger partial charge is 0.385 e. The summed E-state index contributed by atoms with van der Waals surface area (Å²) in [6, 6.07) is 4.27. The second-order valence-electron chi connectivity index (χ2n) is 8.24. The summed E-state index contributed by atoms with van der Waals surface area (Å²) in [5, 5.41) is 14.5. The van der Waals surface area contributed by atoms with E-state index in [-0.39, 0.29) is 28.3 Å². The number of halogens is 2. The van der Waals surface area contributed by atoms with Gasteiger partial charge in [0.1, 0.15) is 21.0 Å². The van der Waals surface area contributed by atoms with Gasteiger partial charge in [0.2, 0.25) is 5.91 Å². The van der Waals surface area contributed by atoms with E-state index in [9.17, 15) is 22.9 Å². The number of amides is 1. The molecule has 1 aliphatic rings. The number of hydrogen-bond acceptors (Lipinski definition) is 4. The van der Waals surface area contributed by atoms with Gasteiger partial charge in [0.05, 0.1) is 12.0 Å². The first-order chi connectivity index (χ1) is 13.8. The lowest BCUT2D eigenvalue weighted by atomic mass is 9.89. The first-order valence-corrected chi connectivity index (χ1v) is 11.6. The molecule has 166 valence electrons. The molecule has 9 heteroatoms. The number of carbonyl (C=O) groups excluding carboxylic acids is 1. The smallest absolute Gasteiger partial charge is 0.221 e. The fourth-order valence-corrected chi connectivity index (χ4v) is 4.74. The Morgan fingerprint density at radius 3 is 2.27 bits per heavy atom. The maximum atomic E-state index is 13.6. The number of primary amides is 1. The van der Waals surface area contributed by atoms with Gasteiger partial charge in [-0.25, -0.2) is 18.1 Å². The van der Waals surface area contributed by atoms with Crippen LogP contribution in [0.1, 0.15) is 73.9 Å². The maximum absolute atomic E-state index is 13.6. The summed E-state index contributed by atoms with van der Waals surface area (Å²) in [7, 11) is -1.82. The van der Waals surface area contributed by atoms with E-state index in [0.29, 0.717) is 10.8 Å². The van der Waals surface area contributed by atoms with Gasteiger partial charge in [-0.1, -0.05) is 13.8 Å². The molecule has 5 N–H and O–H groups in total. The lowest BCUT2D eigenvalue weighted by molar-refractivity contribution is -0.117. The molecule has 1 heterocycles. The van der Waals surface area contributed by atoms with E-state index >= 15 is 0 Å². The minimum absolute atomic E-state index is 0.0304. The summed E-state index contributed by atoms with van der Waals surface area (Å²) in [6.45, 7) is 7.08. The van der Waals surface area contributed by atoms with Crippen molar-refractivity contribution in [2.45, 2.75) is 68.6 Å². The maximum Gasteiger partial charge on any atom is 0.221 e. The van der Waals surface area contributed by atoms with Gasteiger partial charge in [0.15, 0.2) is 5.82 Å². The third-order valence-electron chi connectivity index (χ3n) is 4.72. The number of aliphatic hydroxyl groups is 1. The zero-order chi connectivity index (χ0) is 22.8. The highest BCUT2D eigenvalue weighted by atomic mass is 32.2. The Morgan fingerprint density at radius 2 is 1.90 bits per heavy atom. The summed E-state index contributed by atoms with van der Waals surface area (Å²) in [4.78, 5) is 11.6. The van der Waals surface area contributed by atoms with Gasteiger partial charge in [-0.3, -0.25) is 4.79 Å². The lowest BCUT2D eigenvalue weighted by Crippen LogP contribution is -2.17. The molecule has 0 radical (unpaired) electrons. The molecule has 0 saturated heterocycles. The highest BCUT2D eigenvalue weighted by Crippen LogP contribution is 2.43. The van der Waals surface area contributed by atoms with Crippen LogP contribution in [-0.2, 0) is 27.8 Å². The molecule has 0 bridgehead atoms. The minimum Gasteiger partial charge on any atom is -0.385 e. The van der Waals surface area contributed by atoms with Gasteiger partial charge >= 0.3 is 0 Å². The van der Waals surface area contributed by atoms with Crippen molar-refractivity contribution in [2.24, 2.45) is 10.9 Å². The molecule has 0 spiro atoms. The van der Waals surface area contributed by atoms with Gasteiger partial charge in [-0.2, -0.15) is 0 Å². The second-order valence-corrected chi connectivity index (χ2v) is 10.6. The van der Waals surface area contributed by atoms with Crippen molar-refractivity contribution >= 4 is 28.2 Å². The Hall–Kier alpha value is -1.68. The zero-order valence-electron chi connectivity index (χ0n) is 17.5. The quantitative estimate of drug-likeness (QED) is 0.610. The van der Waals surface area contributed by atoms with Gasteiger partial charge in [-0.15, -0.1) is 11.3 Å². The molecule has 0 aliphatic heterocycles. The molecule has 1 aromatic carbocycles. The summed E-state index contributed by atoms with van der Waals surface area (Å²) in [5.41, 5.74) is 7.04. The molecular weight excluding hydrogens is 430 g/mol. The predicted octanol–water partition coefficient (Wildman–Crippen LogP) is 3.95. The first kappa shape index (κ1) is 24.6. The highest BCUT2D eigenvalue weighted by Gasteiger charge is 2.29. The van der Waals surface area contributed by atoms with Crippen LogP contribution in [0, 0.1) is 11.6 Å². The second kappa shape index (κ2) is 9.64. The number of rotatable bonds is 6. The molecule has 1 aromatic heterocycles. The van der Waals surface area contributed by atoms with Crippen molar-refractivity contribution in [3.63, 3.8) is 0 Å². The van der Waals surface area contributed by atoms with Crippen molar-refractivity contribution in [1.29, 1.82) is 0 Å². The van der Waals surface area contributed by atoms with Crippen LogP contribution in [0.25, 0.3) is 0 Å². The molecule has 3 rings (SSSR count). The van der Waals surface area contributed by atoms with Gasteiger partial charge in [0, 0.05) is 4.88 Å². The van der Waals surface area contributed by atoms with Crippen LogP contribution in [0.4, 0.5) is 8.78 Å². The van der Waals surface area contributed by atoms with E-state index in [4.69, 9.17) is 10.9 Å². The number of thiophene rings is 1. The van der Waals surface area contributed by atoms with Crippen molar-refractivity contribution in [3.8, 4) is 0 Å². The third-order valence-corrected chi connectivity index (χ3v) is 7.24. The fourth-order valence-electron chi connectivity index (χ4n) is 3.12. The molecular formula is C21H28F2N2O3S2. The molecule has 1 fully saturated rings. The van der Waals surface area contributed by atoms with Crippen LogP contribution in [0.3, 0.4) is 0 Å². The van der Waals surface area contributed by atoms with Crippen molar-refractivity contribution < 1.29 is 22.9 Å². The number of benzene rings is 1. The molecule has 2 aromatic rings. The number of hydrogen-bond donors (Lipinski definition) is 3. The summed E-state index contributed by atoms with van der Waals surface area (Å²) in [6.07, 6.45) is 2.40. The Labute approximate surface area is 182 Å². The van der Waals surface area contributed by atoms with Crippen LogP contribution in [0.5, 0.6) is 0 Å². The Morgan fingerprint density at radius 1 is 1.30 bits per heavy atom. The van der Waals surface area contributed by atoms with Crippen LogP contribution >= 0.6 is 11.3 Å². The van der Waals surface area contributed by atoms with Crippen molar-refractivity contribution in [2.75, 3.05) is 0 Å². The normalized spacial score (nSPS) is 15.0. The molecule has 1 unspecified atom stereocenters. The summed E-state index contributed by atoms with van der Waals surface area (Å²) < 4.78 is 37.3. The van der Waals surface area contributed by atoms with E-state index in [1.165, 1.54) is 19.9 Å².